The Kier molecular flexibility index (Phi) is 4.92. The van der Waals surface area contributed by atoms with Gasteiger partial charge in [-0.3, -0.25) is 9.36 Å². The topological polar surface area (TPSA) is 106 Å². The summed E-state index contributed by atoms with van der Waals surface area (Å²) >= 11 is 7.15. The van der Waals surface area contributed by atoms with Crippen LogP contribution in [0, 0.1) is 0 Å². The second-order valence-electron chi connectivity index (χ2n) is 4.13. The summed E-state index contributed by atoms with van der Waals surface area (Å²) in [6.45, 7) is 2.32. The molecule has 0 unspecified atom stereocenters. The zero-order valence-electron chi connectivity index (χ0n) is 11.2. The summed E-state index contributed by atoms with van der Waals surface area (Å²) in [4.78, 5) is 23.3. The SMILES string of the molecule is CCn1c(SCC(=O)Nc2ccc(N)cc2Cl)n[nH]c1=O. The van der Waals surface area contributed by atoms with Crippen LogP contribution in [0.25, 0.3) is 0 Å². The highest BCUT2D eigenvalue weighted by atomic mass is 35.5. The van der Waals surface area contributed by atoms with Crippen molar-refractivity contribution in [2.24, 2.45) is 0 Å². The molecular weight excluding hydrogens is 314 g/mol. The van der Waals surface area contributed by atoms with Crippen LogP contribution in [0.4, 0.5) is 11.4 Å². The predicted molar refractivity (Wildman–Crippen MR) is 83.7 cm³/mol. The standard InChI is InChI=1S/C12H14ClN5O2S/c1-2-18-11(20)16-17-12(18)21-6-10(19)15-9-4-3-7(14)5-8(9)13/h3-5H,2,6,14H2,1H3,(H,15,19)(H,16,20). The Bertz CT molecular complexity index is 712. The molecule has 0 fully saturated rings. The molecule has 1 aromatic heterocycles. The van der Waals surface area contributed by atoms with E-state index in [0.29, 0.717) is 28.1 Å². The number of rotatable bonds is 5. The molecule has 9 heteroatoms. The normalized spacial score (nSPS) is 10.6. The van der Waals surface area contributed by atoms with Crippen LogP contribution in [0.3, 0.4) is 0 Å². The average molecular weight is 328 g/mol. The minimum atomic E-state index is -0.290. The van der Waals surface area contributed by atoms with E-state index in [0.717, 1.165) is 0 Å². The number of benzene rings is 1. The molecular formula is C12H14ClN5O2S. The Balaban J connectivity index is 1.97. The maximum atomic E-state index is 11.9. The van der Waals surface area contributed by atoms with E-state index < -0.39 is 0 Å². The van der Waals surface area contributed by atoms with Gasteiger partial charge in [0.1, 0.15) is 0 Å². The van der Waals surface area contributed by atoms with Crippen molar-refractivity contribution >= 4 is 40.6 Å². The van der Waals surface area contributed by atoms with Crippen LogP contribution in [0.1, 0.15) is 6.92 Å². The number of hydrogen-bond acceptors (Lipinski definition) is 5. The molecule has 0 aliphatic carbocycles. The van der Waals surface area contributed by atoms with Crippen molar-refractivity contribution in [2.45, 2.75) is 18.6 Å². The number of nitrogens with one attached hydrogen (secondary N) is 2. The monoisotopic (exact) mass is 327 g/mol. The number of thioether (sulfide) groups is 1. The smallest absolute Gasteiger partial charge is 0.343 e. The first-order chi connectivity index (χ1) is 10.0. The fourth-order valence-corrected chi connectivity index (χ4v) is 2.69. The van der Waals surface area contributed by atoms with Crippen molar-refractivity contribution < 1.29 is 4.79 Å². The van der Waals surface area contributed by atoms with E-state index in [1.165, 1.54) is 16.3 Å². The van der Waals surface area contributed by atoms with E-state index in [4.69, 9.17) is 17.3 Å². The van der Waals surface area contributed by atoms with Crippen LogP contribution >= 0.6 is 23.4 Å². The highest BCUT2D eigenvalue weighted by Crippen LogP contribution is 2.24. The number of carbonyl (C=O) groups is 1. The molecule has 0 radical (unpaired) electrons. The zero-order chi connectivity index (χ0) is 15.4. The van der Waals surface area contributed by atoms with Crippen molar-refractivity contribution in [1.29, 1.82) is 0 Å². The second kappa shape index (κ2) is 6.68. The summed E-state index contributed by atoms with van der Waals surface area (Å²) in [6.07, 6.45) is 0. The van der Waals surface area contributed by atoms with Crippen molar-refractivity contribution in [3.05, 3.63) is 33.7 Å². The van der Waals surface area contributed by atoms with Crippen molar-refractivity contribution in [3.8, 4) is 0 Å². The first-order valence-electron chi connectivity index (χ1n) is 6.14. The lowest BCUT2D eigenvalue weighted by Crippen LogP contribution is -2.18. The summed E-state index contributed by atoms with van der Waals surface area (Å²) in [5.41, 5.74) is 6.31. The minimum absolute atomic E-state index is 0.116. The maximum absolute atomic E-state index is 11.9. The highest BCUT2D eigenvalue weighted by Gasteiger charge is 2.11. The third-order valence-electron chi connectivity index (χ3n) is 2.64. The van der Waals surface area contributed by atoms with Gasteiger partial charge in [0.15, 0.2) is 5.16 Å². The Morgan fingerprint density at radius 2 is 2.33 bits per heavy atom. The number of carbonyl (C=O) groups excluding carboxylic acids is 1. The van der Waals surface area contributed by atoms with Gasteiger partial charge < -0.3 is 11.1 Å². The molecule has 0 saturated carbocycles. The quantitative estimate of drug-likeness (QED) is 0.571. The minimum Gasteiger partial charge on any atom is -0.399 e. The van der Waals surface area contributed by atoms with E-state index in [1.54, 1.807) is 18.2 Å². The van der Waals surface area contributed by atoms with Crippen LogP contribution in [0.5, 0.6) is 0 Å². The fraction of sp³-hybridized carbons (Fsp3) is 0.250. The Morgan fingerprint density at radius 3 is 3.00 bits per heavy atom. The lowest BCUT2D eigenvalue weighted by Gasteiger charge is -2.07. The van der Waals surface area contributed by atoms with Gasteiger partial charge >= 0.3 is 5.69 Å². The third-order valence-corrected chi connectivity index (χ3v) is 3.93. The molecule has 1 amide bonds. The molecule has 112 valence electrons. The molecule has 0 aliphatic rings. The van der Waals surface area contributed by atoms with Crippen molar-refractivity contribution in [3.63, 3.8) is 0 Å². The van der Waals surface area contributed by atoms with Crippen molar-refractivity contribution in [2.75, 3.05) is 16.8 Å². The predicted octanol–water partition coefficient (Wildman–Crippen LogP) is 1.56. The molecule has 4 N–H and O–H groups in total. The molecule has 0 atom stereocenters. The summed E-state index contributed by atoms with van der Waals surface area (Å²) in [5, 5.41) is 9.73. The lowest BCUT2D eigenvalue weighted by atomic mass is 10.3. The fourth-order valence-electron chi connectivity index (χ4n) is 1.64. The van der Waals surface area contributed by atoms with Gasteiger partial charge in [-0.15, -0.1) is 5.10 Å². The number of anilines is 2. The Morgan fingerprint density at radius 1 is 1.57 bits per heavy atom. The number of aromatic amines is 1. The number of nitrogen functional groups attached to an aromatic ring is 1. The van der Waals surface area contributed by atoms with Gasteiger partial charge in [0.25, 0.3) is 0 Å². The van der Waals surface area contributed by atoms with Gasteiger partial charge in [-0.1, -0.05) is 23.4 Å². The molecule has 2 rings (SSSR count). The summed E-state index contributed by atoms with van der Waals surface area (Å²) < 4.78 is 1.45. The van der Waals surface area contributed by atoms with Crippen LogP contribution in [-0.4, -0.2) is 26.4 Å². The van der Waals surface area contributed by atoms with E-state index in [9.17, 15) is 9.59 Å². The van der Waals surface area contributed by atoms with Gasteiger partial charge in [0, 0.05) is 12.2 Å². The Hall–Kier alpha value is -1.93. The molecule has 0 bridgehead atoms. The first-order valence-corrected chi connectivity index (χ1v) is 7.50. The second-order valence-corrected chi connectivity index (χ2v) is 5.48. The first kappa shape index (κ1) is 15.5. The van der Waals surface area contributed by atoms with Gasteiger partial charge in [-0.05, 0) is 25.1 Å². The van der Waals surface area contributed by atoms with Gasteiger partial charge in [0.05, 0.1) is 16.5 Å². The third kappa shape index (κ3) is 3.79. The van der Waals surface area contributed by atoms with E-state index >= 15 is 0 Å². The van der Waals surface area contributed by atoms with E-state index in [-0.39, 0.29) is 17.3 Å². The van der Waals surface area contributed by atoms with Gasteiger partial charge in [-0.2, -0.15) is 0 Å². The molecule has 2 aromatic rings. The van der Waals surface area contributed by atoms with Gasteiger partial charge in [-0.25, -0.2) is 9.89 Å². The van der Waals surface area contributed by atoms with Gasteiger partial charge in [0.2, 0.25) is 5.91 Å². The molecule has 1 heterocycles. The average Bonchev–Trinajstić information content (AvgIpc) is 2.80. The summed E-state index contributed by atoms with van der Waals surface area (Å²) in [7, 11) is 0. The maximum Gasteiger partial charge on any atom is 0.343 e. The number of nitrogens with two attached hydrogens (primary N) is 1. The van der Waals surface area contributed by atoms with Crippen LogP contribution in [0.2, 0.25) is 5.02 Å². The summed E-state index contributed by atoms with van der Waals surface area (Å²) in [6, 6.07) is 4.85. The van der Waals surface area contributed by atoms with E-state index in [1.807, 2.05) is 6.92 Å². The zero-order valence-corrected chi connectivity index (χ0v) is 12.8. The lowest BCUT2D eigenvalue weighted by molar-refractivity contribution is -0.113. The molecule has 0 spiro atoms. The van der Waals surface area contributed by atoms with E-state index in [2.05, 4.69) is 15.5 Å². The van der Waals surface area contributed by atoms with Crippen LogP contribution < -0.4 is 16.7 Å². The Labute approximate surface area is 129 Å². The number of nitrogens with zero attached hydrogens (tertiary/aromatic N) is 2. The molecule has 7 nitrogen and oxygen atoms in total. The van der Waals surface area contributed by atoms with Crippen molar-refractivity contribution in [1.82, 2.24) is 14.8 Å². The number of aromatic nitrogens is 3. The molecule has 0 aliphatic heterocycles. The number of hydrogen-bond donors (Lipinski definition) is 3. The van der Waals surface area contributed by atoms with Crippen LogP contribution in [-0.2, 0) is 11.3 Å². The number of halogens is 1. The summed E-state index contributed by atoms with van der Waals surface area (Å²) in [5.74, 6) is -0.130. The molecule has 1 aromatic carbocycles. The molecule has 0 saturated heterocycles. The van der Waals surface area contributed by atoms with Crippen LogP contribution in [0.15, 0.2) is 28.2 Å². The highest BCUT2D eigenvalue weighted by molar-refractivity contribution is 7.99. The number of H-pyrrole nitrogens is 1. The molecule has 21 heavy (non-hydrogen) atoms. The largest absolute Gasteiger partial charge is 0.399 e. The number of amides is 1.